The summed E-state index contributed by atoms with van der Waals surface area (Å²) in [5.41, 5.74) is 0.241. The van der Waals surface area contributed by atoms with Crippen LogP contribution in [0.3, 0.4) is 0 Å². The molecule has 0 aliphatic heterocycles. The Morgan fingerprint density at radius 2 is 2.12 bits per heavy atom. The van der Waals surface area contributed by atoms with E-state index in [2.05, 4.69) is 15.3 Å². The molecule has 0 saturated heterocycles. The molecule has 0 radical (unpaired) electrons. The Morgan fingerprint density at radius 1 is 1.35 bits per heavy atom. The number of rotatable bonds is 3. The molecule has 6 heteroatoms. The average molecular weight is 243 g/mol. The van der Waals surface area contributed by atoms with E-state index in [9.17, 15) is 13.2 Å². The van der Waals surface area contributed by atoms with Crippen LogP contribution in [0.1, 0.15) is 18.9 Å². The molecule has 2 aromatic rings. The van der Waals surface area contributed by atoms with Crippen LogP contribution in [-0.2, 0) is 6.18 Å². The molecule has 0 saturated carbocycles. The maximum atomic E-state index is 12.5. The summed E-state index contributed by atoms with van der Waals surface area (Å²) in [4.78, 5) is 6.96. The van der Waals surface area contributed by atoms with E-state index in [0.29, 0.717) is 17.0 Å². The van der Waals surface area contributed by atoms with Crippen molar-refractivity contribution < 1.29 is 13.2 Å². The first kappa shape index (κ1) is 11.8. The van der Waals surface area contributed by atoms with Crippen molar-refractivity contribution in [2.45, 2.75) is 19.5 Å². The van der Waals surface area contributed by atoms with Crippen molar-refractivity contribution in [1.29, 1.82) is 0 Å². The molecule has 0 bridgehead atoms. The smallest absolute Gasteiger partial charge is 0.356 e. The third-order valence-corrected chi connectivity index (χ3v) is 2.35. The maximum absolute atomic E-state index is 12.5. The van der Waals surface area contributed by atoms with Gasteiger partial charge in [0.15, 0.2) is 0 Å². The minimum Gasteiger partial charge on any atom is -0.356 e. The van der Waals surface area contributed by atoms with Gasteiger partial charge in [-0.15, -0.1) is 0 Å². The summed E-state index contributed by atoms with van der Waals surface area (Å²) in [6, 6.07) is 3.47. The minimum atomic E-state index is -4.32. The molecule has 0 spiro atoms. The average Bonchev–Trinajstić information content (AvgIpc) is 2.66. The zero-order valence-corrected chi connectivity index (χ0v) is 9.23. The first-order valence-corrected chi connectivity index (χ1v) is 5.31. The highest BCUT2D eigenvalue weighted by Crippen LogP contribution is 2.31. The van der Waals surface area contributed by atoms with Gasteiger partial charge in [0.2, 0.25) is 5.95 Å². The van der Waals surface area contributed by atoms with Gasteiger partial charge in [-0.25, -0.2) is 4.98 Å². The SMILES string of the molecule is CCCNc1nc2ccc(C(F)(F)F)cc2[nH]1. The van der Waals surface area contributed by atoms with Gasteiger partial charge in [-0.05, 0) is 24.6 Å². The predicted molar refractivity (Wildman–Crippen MR) is 59.9 cm³/mol. The molecule has 1 aromatic carbocycles. The third-order valence-electron chi connectivity index (χ3n) is 2.35. The second-order valence-corrected chi connectivity index (χ2v) is 3.74. The van der Waals surface area contributed by atoms with Gasteiger partial charge < -0.3 is 10.3 Å². The van der Waals surface area contributed by atoms with Gasteiger partial charge in [0.05, 0.1) is 16.6 Å². The number of aromatic amines is 1. The highest BCUT2D eigenvalue weighted by Gasteiger charge is 2.30. The minimum absolute atomic E-state index is 0.387. The molecule has 2 rings (SSSR count). The number of hydrogen-bond acceptors (Lipinski definition) is 2. The van der Waals surface area contributed by atoms with Gasteiger partial charge in [0.25, 0.3) is 0 Å². The van der Waals surface area contributed by atoms with Crippen LogP contribution < -0.4 is 5.32 Å². The lowest BCUT2D eigenvalue weighted by Crippen LogP contribution is -2.04. The van der Waals surface area contributed by atoms with E-state index in [1.165, 1.54) is 6.07 Å². The molecule has 0 aliphatic rings. The number of alkyl halides is 3. The van der Waals surface area contributed by atoms with Crippen LogP contribution in [0.15, 0.2) is 18.2 Å². The fraction of sp³-hybridized carbons (Fsp3) is 0.364. The zero-order chi connectivity index (χ0) is 12.5. The number of H-pyrrole nitrogens is 1. The molecule has 2 N–H and O–H groups in total. The summed E-state index contributed by atoms with van der Waals surface area (Å²) in [5, 5.41) is 2.99. The van der Waals surface area contributed by atoms with E-state index in [1.54, 1.807) is 0 Å². The highest BCUT2D eigenvalue weighted by atomic mass is 19.4. The summed E-state index contributed by atoms with van der Waals surface area (Å²) in [7, 11) is 0. The lowest BCUT2D eigenvalue weighted by atomic mass is 10.2. The Morgan fingerprint density at radius 3 is 2.76 bits per heavy atom. The number of benzene rings is 1. The zero-order valence-electron chi connectivity index (χ0n) is 9.23. The summed E-state index contributed by atoms with van der Waals surface area (Å²) >= 11 is 0. The molecule has 17 heavy (non-hydrogen) atoms. The third kappa shape index (κ3) is 2.51. The molecule has 1 aromatic heterocycles. The van der Waals surface area contributed by atoms with Crippen molar-refractivity contribution in [3.8, 4) is 0 Å². The van der Waals surface area contributed by atoms with Crippen molar-refractivity contribution in [1.82, 2.24) is 9.97 Å². The van der Waals surface area contributed by atoms with E-state index < -0.39 is 11.7 Å². The summed E-state index contributed by atoms with van der Waals surface area (Å²) in [6.07, 6.45) is -3.40. The molecule has 0 aliphatic carbocycles. The second-order valence-electron chi connectivity index (χ2n) is 3.74. The number of hydrogen-bond donors (Lipinski definition) is 2. The first-order valence-electron chi connectivity index (χ1n) is 5.31. The molecular weight excluding hydrogens is 231 g/mol. The number of aromatic nitrogens is 2. The Labute approximate surface area is 96.0 Å². The lowest BCUT2D eigenvalue weighted by Gasteiger charge is -2.05. The van der Waals surface area contributed by atoms with Crippen LogP contribution in [0.2, 0.25) is 0 Å². The lowest BCUT2D eigenvalue weighted by molar-refractivity contribution is -0.137. The molecule has 0 unspecified atom stereocenters. The second kappa shape index (κ2) is 4.27. The Balaban J connectivity index is 2.34. The Kier molecular flexibility index (Phi) is 2.95. The molecule has 0 atom stereocenters. The van der Waals surface area contributed by atoms with Crippen molar-refractivity contribution >= 4 is 17.0 Å². The number of nitrogens with zero attached hydrogens (tertiary/aromatic N) is 1. The predicted octanol–water partition coefficient (Wildman–Crippen LogP) is 3.40. The Hall–Kier alpha value is -1.72. The van der Waals surface area contributed by atoms with Crippen LogP contribution in [0.5, 0.6) is 0 Å². The van der Waals surface area contributed by atoms with E-state index >= 15 is 0 Å². The number of anilines is 1. The normalized spacial score (nSPS) is 12.0. The van der Waals surface area contributed by atoms with Crippen LogP contribution in [-0.4, -0.2) is 16.5 Å². The summed E-state index contributed by atoms with van der Waals surface area (Å²) in [5.74, 6) is 0.501. The molecule has 3 nitrogen and oxygen atoms in total. The molecule has 1 heterocycles. The summed E-state index contributed by atoms with van der Waals surface area (Å²) in [6.45, 7) is 2.73. The quantitative estimate of drug-likeness (QED) is 0.867. The fourth-order valence-corrected chi connectivity index (χ4v) is 1.51. The van der Waals surface area contributed by atoms with Crippen molar-refractivity contribution in [3.63, 3.8) is 0 Å². The van der Waals surface area contributed by atoms with Crippen LogP contribution in [0.4, 0.5) is 19.1 Å². The van der Waals surface area contributed by atoms with Crippen LogP contribution in [0, 0.1) is 0 Å². The van der Waals surface area contributed by atoms with Gasteiger partial charge in [0.1, 0.15) is 0 Å². The first-order chi connectivity index (χ1) is 8.00. The number of nitrogens with one attached hydrogen (secondary N) is 2. The van der Waals surface area contributed by atoms with E-state index in [4.69, 9.17) is 0 Å². The highest BCUT2D eigenvalue weighted by molar-refractivity contribution is 5.78. The molecule has 92 valence electrons. The molecular formula is C11H12F3N3. The molecule has 0 amide bonds. The van der Waals surface area contributed by atoms with Gasteiger partial charge in [-0.3, -0.25) is 0 Å². The largest absolute Gasteiger partial charge is 0.416 e. The van der Waals surface area contributed by atoms with E-state index in [0.717, 1.165) is 25.1 Å². The standard InChI is InChI=1S/C11H12F3N3/c1-2-5-15-10-16-8-4-3-7(11(12,13)14)6-9(8)17-10/h3-4,6H,2,5H2,1H3,(H2,15,16,17). The topological polar surface area (TPSA) is 40.7 Å². The van der Waals surface area contributed by atoms with Gasteiger partial charge >= 0.3 is 6.18 Å². The van der Waals surface area contributed by atoms with Crippen molar-refractivity contribution in [2.24, 2.45) is 0 Å². The number of imidazole rings is 1. The van der Waals surface area contributed by atoms with Crippen molar-refractivity contribution in [3.05, 3.63) is 23.8 Å². The van der Waals surface area contributed by atoms with Crippen LogP contribution >= 0.6 is 0 Å². The maximum Gasteiger partial charge on any atom is 0.416 e. The summed E-state index contributed by atoms with van der Waals surface area (Å²) < 4.78 is 37.4. The van der Waals surface area contributed by atoms with E-state index in [1.807, 2.05) is 6.92 Å². The number of halogens is 3. The van der Waals surface area contributed by atoms with Gasteiger partial charge in [0, 0.05) is 6.54 Å². The monoisotopic (exact) mass is 243 g/mol. The Bertz CT molecular complexity index is 516. The molecule has 0 fully saturated rings. The van der Waals surface area contributed by atoms with Gasteiger partial charge in [-0.2, -0.15) is 13.2 Å². The van der Waals surface area contributed by atoms with Gasteiger partial charge in [-0.1, -0.05) is 6.92 Å². The number of fused-ring (bicyclic) bond motifs is 1. The fourth-order valence-electron chi connectivity index (χ4n) is 1.51. The van der Waals surface area contributed by atoms with Crippen molar-refractivity contribution in [2.75, 3.05) is 11.9 Å². The van der Waals surface area contributed by atoms with Crippen LogP contribution in [0.25, 0.3) is 11.0 Å². The van der Waals surface area contributed by atoms with E-state index in [-0.39, 0.29) is 0 Å².